The normalized spacial score (nSPS) is 10.9. The average molecular weight is 222 g/mol. The minimum atomic E-state index is 0.832. The predicted molar refractivity (Wildman–Crippen MR) is 72.9 cm³/mol. The molecule has 0 unspecified atom stereocenters. The number of nitrogens with one attached hydrogen (secondary N) is 1. The molecule has 84 valence electrons. The molecule has 2 nitrogen and oxygen atoms in total. The fraction of sp³-hybridized carbons (Fsp3) is 0.0667. The number of aryl methyl sites for hydroxylation is 1. The highest BCUT2D eigenvalue weighted by atomic mass is 14.7. The second-order valence-electron chi connectivity index (χ2n) is 4.26. The molecule has 0 bridgehead atoms. The van der Waals surface area contributed by atoms with E-state index in [0.717, 1.165) is 22.3 Å². The molecule has 2 heteroatoms. The van der Waals surface area contributed by atoms with Crippen LogP contribution in [0.5, 0.6) is 0 Å². The predicted octanol–water partition coefficient (Wildman–Crippen LogP) is 3.73. The van der Waals surface area contributed by atoms with E-state index in [0.29, 0.717) is 0 Å². The Morgan fingerprint density at radius 2 is 1.71 bits per heavy atom. The molecule has 0 atom stereocenters. The van der Waals surface area contributed by atoms with E-state index < -0.39 is 0 Å². The van der Waals surface area contributed by atoms with E-state index >= 15 is 0 Å². The fourth-order valence-corrected chi connectivity index (χ4v) is 2.34. The maximum Gasteiger partial charge on any atom is 0.0495 e. The zero-order chi connectivity index (χ0) is 11.8. The van der Waals surface area contributed by atoms with Gasteiger partial charge in [0.1, 0.15) is 0 Å². The lowest BCUT2D eigenvalue weighted by Gasteiger charge is -2.00. The van der Waals surface area contributed by atoms with E-state index in [1.807, 2.05) is 30.3 Å². The second kappa shape index (κ2) is 3.67. The molecule has 3 rings (SSSR count). The first-order chi connectivity index (χ1) is 8.27. The summed E-state index contributed by atoms with van der Waals surface area (Å²) in [5.74, 6) is 0. The summed E-state index contributed by atoms with van der Waals surface area (Å²) < 4.78 is 0. The molecule has 3 aromatic rings. The third-order valence-electron chi connectivity index (χ3n) is 3.17. The SMILES string of the molecule is Cc1c(-c2ccccc2)[nH]c2cccc(N)c12. The Kier molecular flexibility index (Phi) is 2.15. The number of nitrogens with two attached hydrogens (primary N) is 1. The van der Waals surface area contributed by atoms with Crippen LogP contribution in [0.15, 0.2) is 48.5 Å². The summed E-state index contributed by atoms with van der Waals surface area (Å²) in [4.78, 5) is 3.44. The summed E-state index contributed by atoms with van der Waals surface area (Å²) in [5, 5.41) is 1.13. The summed E-state index contributed by atoms with van der Waals surface area (Å²) in [5.41, 5.74) is 11.5. The highest BCUT2D eigenvalue weighted by Crippen LogP contribution is 2.32. The van der Waals surface area contributed by atoms with Gasteiger partial charge in [0.05, 0.1) is 0 Å². The van der Waals surface area contributed by atoms with Crippen molar-refractivity contribution in [2.24, 2.45) is 0 Å². The Labute approximate surface area is 100 Å². The molecular formula is C15H14N2. The monoisotopic (exact) mass is 222 g/mol. The lowest BCUT2D eigenvalue weighted by molar-refractivity contribution is 1.41. The number of hydrogen-bond donors (Lipinski definition) is 2. The van der Waals surface area contributed by atoms with E-state index in [-0.39, 0.29) is 0 Å². The lowest BCUT2D eigenvalue weighted by atomic mass is 10.1. The van der Waals surface area contributed by atoms with Gasteiger partial charge in [0.2, 0.25) is 0 Å². The highest BCUT2D eigenvalue weighted by Gasteiger charge is 2.10. The average Bonchev–Trinajstić information content (AvgIpc) is 2.69. The van der Waals surface area contributed by atoms with Crippen LogP contribution in [0.25, 0.3) is 22.2 Å². The van der Waals surface area contributed by atoms with E-state index in [2.05, 4.69) is 30.1 Å². The van der Waals surface area contributed by atoms with Gasteiger partial charge in [-0.2, -0.15) is 0 Å². The van der Waals surface area contributed by atoms with Gasteiger partial charge in [-0.25, -0.2) is 0 Å². The molecule has 0 radical (unpaired) electrons. The molecule has 2 aromatic carbocycles. The molecule has 0 spiro atoms. The number of hydrogen-bond acceptors (Lipinski definition) is 1. The van der Waals surface area contributed by atoms with Crippen molar-refractivity contribution in [3.63, 3.8) is 0 Å². The third-order valence-corrected chi connectivity index (χ3v) is 3.17. The van der Waals surface area contributed by atoms with Crippen LogP contribution in [-0.2, 0) is 0 Å². The molecule has 17 heavy (non-hydrogen) atoms. The molecule has 0 amide bonds. The quantitative estimate of drug-likeness (QED) is 0.605. The standard InChI is InChI=1S/C15H14N2/c1-10-14-12(16)8-5-9-13(14)17-15(10)11-6-3-2-4-7-11/h2-9,17H,16H2,1H3. The van der Waals surface area contributed by atoms with Crippen molar-refractivity contribution in [3.05, 3.63) is 54.1 Å². The Bertz CT molecular complexity index is 666. The van der Waals surface area contributed by atoms with E-state index in [9.17, 15) is 0 Å². The first kappa shape index (κ1) is 9.97. The number of nitrogen functional groups attached to an aromatic ring is 1. The van der Waals surface area contributed by atoms with Gasteiger partial charge < -0.3 is 10.7 Å². The van der Waals surface area contributed by atoms with Gasteiger partial charge >= 0.3 is 0 Å². The van der Waals surface area contributed by atoms with Crippen LogP contribution in [0.1, 0.15) is 5.56 Å². The van der Waals surface area contributed by atoms with Gasteiger partial charge in [-0.1, -0.05) is 36.4 Å². The molecule has 0 aliphatic heterocycles. The summed E-state index contributed by atoms with van der Waals surface area (Å²) >= 11 is 0. The van der Waals surface area contributed by atoms with Crippen LogP contribution in [0, 0.1) is 6.92 Å². The van der Waals surface area contributed by atoms with Crippen molar-refractivity contribution < 1.29 is 0 Å². The van der Waals surface area contributed by atoms with Crippen molar-refractivity contribution in [2.75, 3.05) is 5.73 Å². The minimum Gasteiger partial charge on any atom is -0.398 e. The Morgan fingerprint density at radius 1 is 0.941 bits per heavy atom. The van der Waals surface area contributed by atoms with Crippen LogP contribution < -0.4 is 5.73 Å². The smallest absolute Gasteiger partial charge is 0.0495 e. The van der Waals surface area contributed by atoms with Gasteiger partial charge in [-0.15, -0.1) is 0 Å². The molecule has 0 fully saturated rings. The third kappa shape index (κ3) is 1.49. The van der Waals surface area contributed by atoms with Crippen molar-refractivity contribution in [1.29, 1.82) is 0 Å². The van der Waals surface area contributed by atoms with E-state index in [1.165, 1.54) is 11.1 Å². The van der Waals surface area contributed by atoms with Crippen molar-refractivity contribution in [2.45, 2.75) is 6.92 Å². The largest absolute Gasteiger partial charge is 0.398 e. The lowest BCUT2D eigenvalue weighted by Crippen LogP contribution is -1.85. The molecule has 0 aliphatic carbocycles. The van der Waals surface area contributed by atoms with Gasteiger partial charge in [-0.05, 0) is 30.2 Å². The number of aromatic amines is 1. The summed E-state index contributed by atoms with van der Waals surface area (Å²) in [7, 11) is 0. The van der Waals surface area contributed by atoms with Crippen LogP contribution in [0.4, 0.5) is 5.69 Å². The number of aromatic nitrogens is 1. The first-order valence-corrected chi connectivity index (χ1v) is 5.69. The van der Waals surface area contributed by atoms with Crippen molar-refractivity contribution in [1.82, 2.24) is 4.98 Å². The Morgan fingerprint density at radius 3 is 2.41 bits per heavy atom. The maximum absolute atomic E-state index is 6.03. The van der Waals surface area contributed by atoms with Gasteiger partial charge in [0.15, 0.2) is 0 Å². The molecule has 1 aromatic heterocycles. The Balaban J connectivity index is 2.33. The molecule has 0 aliphatic rings. The fourth-order valence-electron chi connectivity index (χ4n) is 2.34. The van der Waals surface area contributed by atoms with Crippen molar-refractivity contribution >= 4 is 16.6 Å². The van der Waals surface area contributed by atoms with Crippen LogP contribution in [-0.4, -0.2) is 4.98 Å². The molecule has 0 saturated heterocycles. The van der Waals surface area contributed by atoms with Gasteiger partial charge in [0, 0.05) is 22.3 Å². The van der Waals surface area contributed by atoms with Crippen LogP contribution in [0.3, 0.4) is 0 Å². The number of H-pyrrole nitrogens is 1. The van der Waals surface area contributed by atoms with Gasteiger partial charge in [0.25, 0.3) is 0 Å². The van der Waals surface area contributed by atoms with E-state index in [4.69, 9.17) is 5.73 Å². The number of benzene rings is 2. The van der Waals surface area contributed by atoms with E-state index in [1.54, 1.807) is 0 Å². The Hall–Kier alpha value is -2.22. The van der Waals surface area contributed by atoms with Crippen LogP contribution >= 0.6 is 0 Å². The molecular weight excluding hydrogens is 208 g/mol. The zero-order valence-electron chi connectivity index (χ0n) is 9.70. The van der Waals surface area contributed by atoms with Crippen molar-refractivity contribution in [3.8, 4) is 11.3 Å². The second-order valence-corrected chi connectivity index (χ2v) is 4.26. The van der Waals surface area contributed by atoms with Gasteiger partial charge in [-0.3, -0.25) is 0 Å². The number of anilines is 1. The molecule has 3 N–H and O–H groups in total. The highest BCUT2D eigenvalue weighted by molar-refractivity contribution is 5.98. The first-order valence-electron chi connectivity index (χ1n) is 5.69. The molecule has 1 heterocycles. The zero-order valence-corrected chi connectivity index (χ0v) is 9.70. The number of fused-ring (bicyclic) bond motifs is 1. The summed E-state index contributed by atoms with van der Waals surface area (Å²) in [6, 6.07) is 16.3. The number of rotatable bonds is 1. The summed E-state index contributed by atoms with van der Waals surface area (Å²) in [6.07, 6.45) is 0. The van der Waals surface area contributed by atoms with Crippen LogP contribution in [0.2, 0.25) is 0 Å². The molecule has 0 saturated carbocycles. The topological polar surface area (TPSA) is 41.8 Å². The summed E-state index contributed by atoms with van der Waals surface area (Å²) in [6.45, 7) is 2.11. The minimum absolute atomic E-state index is 0.832. The maximum atomic E-state index is 6.03.